The molecule has 0 saturated heterocycles. The topological polar surface area (TPSA) is 86.8 Å². The van der Waals surface area contributed by atoms with E-state index < -0.39 is 34.3 Å². The summed E-state index contributed by atoms with van der Waals surface area (Å²) in [7, 11) is -3.90. The second kappa shape index (κ2) is 13.4. The van der Waals surface area contributed by atoms with Gasteiger partial charge in [-0.3, -0.25) is 13.9 Å². The fourth-order valence-corrected chi connectivity index (χ4v) is 6.04. The zero-order valence-electron chi connectivity index (χ0n) is 22.3. The molecule has 0 spiro atoms. The Balaban J connectivity index is 1.71. The molecule has 0 heterocycles. The van der Waals surface area contributed by atoms with E-state index in [-0.39, 0.29) is 30.6 Å². The van der Waals surface area contributed by atoms with Crippen LogP contribution in [0.5, 0.6) is 0 Å². The van der Waals surface area contributed by atoms with Crippen LogP contribution in [0, 0.1) is 5.82 Å². The molecule has 7 nitrogen and oxygen atoms in total. The summed E-state index contributed by atoms with van der Waals surface area (Å²) in [5.41, 5.74) is 1.83. The van der Waals surface area contributed by atoms with Crippen molar-refractivity contribution in [2.75, 3.05) is 17.1 Å². The number of rotatable bonds is 11. The average molecular weight is 631 g/mol. The standard InChI is InChI=1S/C30H33BrFN3O4S/c1-40(38,39)35(27-17-15-25(32)16-18-27)21-29(36)34(20-23-11-13-24(31)14-12-23)28(19-22-7-3-2-4-8-22)30(37)33-26-9-5-6-10-26/h2-4,7-8,11-18,26,28H,5-6,9-10,19-21H2,1H3,(H,33,37)/t28-/m1/s1. The highest BCUT2D eigenvalue weighted by Gasteiger charge is 2.34. The van der Waals surface area contributed by atoms with Crippen molar-refractivity contribution in [3.05, 3.63) is 100 Å². The van der Waals surface area contributed by atoms with Crippen molar-refractivity contribution < 1.29 is 22.4 Å². The van der Waals surface area contributed by atoms with Gasteiger partial charge >= 0.3 is 0 Å². The van der Waals surface area contributed by atoms with Crippen LogP contribution in [-0.2, 0) is 32.6 Å². The minimum Gasteiger partial charge on any atom is -0.352 e. The lowest BCUT2D eigenvalue weighted by Gasteiger charge is -2.34. The Labute approximate surface area is 243 Å². The first-order chi connectivity index (χ1) is 19.1. The number of hydrogen-bond donors (Lipinski definition) is 1. The Kier molecular flexibility index (Phi) is 9.97. The van der Waals surface area contributed by atoms with E-state index in [2.05, 4.69) is 21.2 Å². The first kappa shape index (κ1) is 29.7. The third kappa shape index (κ3) is 8.14. The highest BCUT2D eigenvalue weighted by molar-refractivity contribution is 9.10. The smallest absolute Gasteiger partial charge is 0.244 e. The third-order valence-electron chi connectivity index (χ3n) is 7.03. The van der Waals surface area contributed by atoms with Crippen molar-refractivity contribution in [3.8, 4) is 0 Å². The lowest BCUT2D eigenvalue weighted by atomic mass is 10.0. The molecule has 0 bridgehead atoms. The summed E-state index contributed by atoms with van der Waals surface area (Å²) in [5.74, 6) is -1.33. The maximum Gasteiger partial charge on any atom is 0.244 e. The molecule has 4 rings (SSSR count). The Bertz CT molecular complexity index is 1400. The number of amides is 2. The fourth-order valence-electron chi connectivity index (χ4n) is 4.93. The summed E-state index contributed by atoms with van der Waals surface area (Å²) in [6, 6.07) is 20.9. The van der Waals surface area contributed by atoms with Crippen molar-refractivity contribution >= 4 is 43.5 Å². The summed E-state index contributed by atoms with van der Waals surface area (Å²) >= 11 is 3.43. The number of anilines is 1. The minimum atomic E-state index is -3.90. The molecule has 3 aromatic carbocycles. The van der Waals surface area contributed by atoms with E-state index in [1.807, 2.05) is 54.6 Å². The maximum atomic E-state index is 14.0. The predicted octanol–water partition coefficient (Wildman–Crippen LogP) is 5.05. The zero-order chi connectivity index (χ0) is 28.7. The van der Waals surface area contributed by atoms with Gasteiger partial charge in [-0.1, -0.05) is 71.2 Å². The molecule has 0 radical (unpaired) electrons. The Morgan fingerprint density at radius 2 is 1.57 bits per heavy atom. The summed E-state index contributed by atoms with van der Waals surface area (Å²) < 4.78 is 40.9. The molecule has 40 heavy (non-hydrogen) atoms. The van der Waals surface area contributed by atoms with E-state index >= 15 is 0 Å². The number of sulfonamides is 1. The molecule has 0 unspecified atom stereocenters. The van der Waals surface area contributed by atoms with Gasteiger partial charge in [-0.25, -0.2) is 12.8 Å². The van der Waals surface area contributed by atoms with Crippen molar-refractivity contribution in [2.45, 2.75) is 50.7 Å². The maximum absolute atomic E-state index is 14.0. The molecule has 1 fully saturated rings. The molecule has 0 aliphatic heterocycles. The van der Waals surface area contributed by atoms with Crippen LogP contribution in [0.3, 0.4) is 0 Å². The lowest BCUT2D eigenvalue weighted by Crippen LogP contribution is -2.54. The van der Waals surface area contributed by atoms with Crippen LogP contribution in [0.2, 0.25) is 0 Å². The van der Waals surface area contributed by atoms with Crippen LogP contribution >= 0.6 is 15.9 Å². The second-order valence-corrected chi connectivity index (χ2v) is 12.9. The van der Waals surface area contributed by atoms with Gasteiger partial charge in [0.1, 0.15) is 18.4 Å². The fraction of sp³-hybridized carbons (Fsp3) is 0.333. The Hall–Kier alpha value is -3.24. The van der Waals surface area contributed by atoms with Gasteiger partial charge in [-0.15, -0.1) is 0 Å². The molecule has 2 amide bonds. The predicted molar refractivity (Wildman–Crippen MR) is 158 cm³/mol. The van der Waals surface area contributed by atoms with Crippen molar-refractivity contribution in [1.29, 1.82) is 0 Å². The van der Waals surface area contributed by atoms with Crippen LogP contribution < -0.4 is 9.62 Å². The Morgan fingerprint density at radius 3 is 2.17 bits per heavy atom. The van der Waals surface area contributed by atoms with Gasteiger partial charge in [-0.2, -0.15) is 0 Å². The van der Waals surface area contributed by atoms with Crippen LogP contribution in [-0.4, -0.2) is 50.0 Å². The molecular formula is C30H33BrFN3O4S. The normalized spacial score (nSPS) is 14.5. The first-order valence-electron chi connectivity index (χ1n) is 13.2. The molecule has 1 atom stereocenters. The summed E-state index contributed by atoms with van der Waals surface area (Å²) in [6.07, 6.45) is 5.11. The summed E-state index contributed by atoms with van der Waals surface area (Å²) in [4.78, 5) is 29.3. The number of benzene rings is 3. The highest BCUT2D eigenvalue weighted by atomic mass is 79.9. The molecule has 1 N–H and O–H groups in total. The molecule has 1 aliphatic carbocycles. The van der Waals surface area contributed by atoms with E-state index in [4.69, 9.17) is 0 Å². The molecule has 3 aromatic rings. The van der Waals surface area contributed by atoms with E-state index in [0.717, 1.165) is 64.0 Å². The SMILES string of the molecule is CS(=O)(=O)N(CC(=O)N(Cc1ccc(Br)cc1)[C@H](Cc1ccccc1)C(=O)NC1CCCC1)c1ccc(F)cc1. The number of carbonyl (C=O) groups excluding carboxylic acids is 2. The van der Waals surface area contributed by atoms with Gasteiger partial charge in [0.15, 0.2) is 0 Å². The zero-order valence-corrected chi connectivity index (χ0v) is 24.7. The van der Waals surface area contributed by atoms with Gasteiger partial charge in [0.2, 0.25) is 21.8 Å². The van der Waals surface area contributed by atoms with Crippen LogP contribution in [0.15, 0.2) is 83.3 Å². The number of carbonyl (C=O) groups is 2. The van der Waals surface area contributed by atoms with Gasteiger partial charge in [0, 0.05) is 23.5 Å². The largest absolute Gasteiger partial charge is 0.352 e. The molecule has 0 aromatic heterocycles. The van der Waals surface area contributed by atoms with Gasteiger partial charge in [-0.05, 0) is 60.4 Å². The quantitative estimate of drug-likeness (QED) is 0.321. The third-order valence-corrected chi connectivity index (χ3v) is 8.70. The summed E-state index contributed by atoms with van der Waals surface area (Å²) in [5, 5.41) is 3.14. The monoisotopic (exact) mass is 629 g/mol. The average Bonchev–Trinajstić information content (AvgIpc) is 3.44. The van der Waals surface area contributed by atoms with Gasteiger partial charge in [0.25, 0.3) is 0 Å². The van der Waals surface area contributed by atoms with Crippen molar-refractivity contribution in [2.24, 2.45) is 0 Å². The first-order valence-corrected chi connectivity index (χ1v) is 15.9. The van der Waals surface area contributed by atoms with Gasteiger partial charge < -0.3 is 10.2 Å². The van der Waals surface area contributed by atoms with E-state index in [1.54, 1.807) is 0 Å². The molecule has 1 aliphatic rings. The number of nitrogens with one attached hydrogen (secondary N) is 1. The highest BCUT2D eigenvalue weighted by Crippen LogP contribution is 2.23. The van der Waals surface area contributed by atoms with Crippen LogP contribution in [0.1, 0.15) is 36.8 Å². The molecule has 10 heteroatoms. The molecular weight excluding hydrogens is 597 g/mol. The van der Waals surface area contributed by atoms with E-state index in [9.17, 15) is 22.4 Å². The second-order valence-electron chi connectivity index (χ2n) is 10.1. The van der Waals surface area contributed by atoms with Crippen LogP contribution in [0.4, 0.5) is 10.1 Å². The number of hydrogen-bond acceptors (Lipinski definition) is 4. The van der Waals surface area contributed by atoms with Crippen LogP contribution in [0.25, 0.3) is 0 Å². The van der Waals surface area contributed by atoms with E-state index in [0.29, 0.717) is 0 Å². The minimum absolute atomic E-state index is 0.0436. The van der Waals surface area contributed by atoms with Gasteiger partial charge in [0.05, 0.1) is 11.9 Å². The molecule has 1 saturated carbocycles. The Morgan fingerprint density at radius 1 is 0.950 bits per heavy atom. The van der Waals surface area contributed by atoms with E-state index in [1.165, 1.54) is 17.0 Å². The number of halogens is 2. The van der Waals surface area contributed by atoms with Crippen molar-refractivity contribution in [1.82, 2.24) is 10.2 Å². The van der Waals surface area contributed by atoms with Crippen molar-refractivity contribution in [3.63, 3.8) is 0 Å². The lowest BCUT2D eigenvalue weighted by molar-refractivity contribution is -0.140. The molecule has 212 valence electrons. The number of nitrogens with zero attached hydrogens (tertiary/aromatic N) is 2. The summed E-state index contributed by atoms with van der Waals surface area (Å²) in [6.45, 7) is -0.439.